The van der Waals surface area contributed by atoms with E-state index in [4.69, 9.17) is 4.74 Å². The fraction of sp³-hybridized carbons (Fsp3) is 0.875. The van der Waals surface area contributed by atoms with Gasteiger partial charge in [-0.15, -0.1) is 0 Å². The number of carbonyl (C=O) groups is 1. The highest BCUT2D eigenvalue weighted by Crippen LogP contribution is 2.34. The molecule has 1 aliphatic rings. The molecule has 0 aliphatic heterocycles. The van der Waals surface area contributed by atoms with Gasteiger partial charge < -0.3 is 4.74 Å². The Kier molecular flexibility index (Phi) is 13.7. The van der Waals surface area contributed by atoms with Crippen LogP contribution in [0.1, 0.15) is 117 Å². The Morgan fingerprint density at radius 3 is 1.77 bits per heavy atom. The fourth-order valence-electron chi connectivity index (χ4n) is 4.20. The van der Waals surface area contributed by atoms with Crippen LogP contribution in [-0.4, -0.2) is 12.6 Å². The molecule has 2 heteroatoms. The van der Waals surface area contributed by atoms with E-state index >= 15 is 0 Å². The zero-order valence-electron chi connectivity index (χ0n) is 17.7. The molecule has 0 aromatic carbocycles. The Morgan fingerprint density at radius 1 is 0.808 bits per heavy atom. The summed E-state index contributed by atoms with van der Waals surface area (Å²) in [5.74, 6) is 1.73. The Morgan fingerprint density at radius 2 is 1.27 bits per heavy atom. The van der Waals surface area contributed by atoms with Crippen molar-refractivity contribution < 1.29 is 9.53 Å². The number of unbranched alkanes of at least 4 members (excludes halogenated alkanes) is 8. The van der Waals surface area contributed by atoms with E-state index in [2.05, 4.69) is 13.5 Å². The van der Waals surface area contributed by atoms with Gasteiger partial charge in [0, 0.05) is 5.57 Å². The molecule has 2 nitrogen and oxygen atoms in total. The van der Waals surface area contributed by atoms with Crippen molar-refractivity contribution in [3.63, 3.8) is 0 Å². The van der Waals surface area contributed by atoms with Crippen molar-refractivity contribution in [1.29, 1.82) is 0 Å². The number of esters is 1. The number of hydrogen-bond acceptors (Lipinski definition) is 2. The van der Waals surface area contributed by atoms with Gasteiger partial charge in [0.05, 0.1) is 6.61 Å². The lowest BCUT2D eigenvalue weighted by Crippen LogP contribution is -2.14. The monoisotopic (exact) mass is 364 g/mol. The average molecular weight is 365 g/mol. The predicted octanol–water partition coefficient (Wildman–Crippen LogP) is 7.61. The predicted molar refractivity (Wildman–Crippen MR) is 112 cm³/mol. The van der Waals surface area contributed by atoms with Crippen molar-refractivity contribution in [3.05, 3.63) is 12.2 Å². The van der Waals surface area contributed by atoms with Crippen LogP contribution in [-0.2, 0) is 9.53 Å². The molecule has 152 valence electrons. The zero-order chi connectivity index (χ0) is 19.0. The van der Waals surface area contributed by atoms with Crippen LogP contribution in [0.25, 0.3) is 0 Å². The Bertz CT molecular complexity index is 366. The highest BCUT2D eigenvalue weighted by Gasteiger charge is 2.20. The summed E-state index contributed by atoms with van der Waals surface area (Å²) in [6.07, 6.45) is 22.2. The SMILES string of the molecule is C=C(C)C(=O)OCCCCCC1CCC(CCCCCCCCC)CC1. The summed E-state index contributed by atoms with van der Waals surface area (Å²) in [6.45, 7) is 8.14. The van der Waals surface area contributed by atoms with Gasteiger partial charge in [0.2, 0.25) is 0 Å². The lowest BCUT2D eigenvalue weighted by Gasteiger charge is -2.28. The Balaban J connectivity index is 1.90. The molecule has 26 heavy (non-hydrogen) atoms. The highest BCUT2D eigenvalue weighted by molar-refractivity contribution is 5.86. The van der Waals surface area contributed by atoms with Gasteiger partial charge >= 0.3 is 5.97 Å². The molecular weight excluding hydrogens is 320 g/mol. The summed E-state index contributed by atoms with van der Waals surface area (Å²) in [7, 11) is 0. The van der Waals surface area contributed by atoms with Crippen LogP contribution >= 0.6 is 0 Å². The number of ether oxygens (including phenoxy) is 1. The number of rotatable bonds is 15. The largest absolute Gasteiger partial charge is 0.462 e. The molecule has 1 fully saturated rings. The third-order valence-corrected chi connectivity index (χ3v) is 6.02. The van der Waals surface area contributed by atoms with Gasteiger partial charge in [-0.3, -0.25) is 0 Å². The summed E-state index contributed by atoms with van der Waals surface area (Å²) in [4.78, 5) is 11.3. The summed E-state index contributed by atoms with van der Waals surface area (Å²) >= 11 is 0. The molecule has 0 unspecified atom stereocenters. The maximum atomic E-state index is 11.3. The topological polar surface area (TPSA) is 26.3 Å². The average Bonchev–Trinajstić information content (AvgIpc) is 2.64. The van der Waals surface area contributed by atoms with Crippen molar-refractivity contribution in [2.45, 2.75) is 117 Å². The normalized spacial score (nSPS) is 20.1. The molecule has 0 aromatic rings. The van der Waals surface area contributed by atoms with E-state index in [0.717, 1.165) is 18.3 Å². The van der Waals surface area contributed by atoms with Gasteiger partial charge in [-0.2, -0.15) is 0 Å². The first-order valence-electron chi connectivity index (χ1n) is 11.5. The van der Waals surface area contributed by atoms with Gasteiger partial charge in [0.15, 0.2) is 0 Å². The Hall–Kier alpha value is -0.790. The minimum atomic E-state index is -0.246. The molecule has 0 N–H and O–H groups in total. The van der Waals surface area contributed by atoms with Gasteiger partial charge in [-0.1, -0.05) is 110 Å². The molecule has 0 atom stereocenters. The molecule has 1 aliphatic carbocycles. The lowest BCUT2D eigenvalue weighted by atomic mass is 9.78. The van der Waals surface area contributed by atoms with Crippen LogP contribution in [0.5, 0.6) is 0 Å². The van der Waals surface area contributed by atoms with E-state index in [9.17, 15) is 4.79 Å². The molecule has 0 bridgehead atoms. The second-order valence-corrected chi connectivity index (χ2v) is 8.56. The maximum Gasteiger partial charge on any atom is 0.333 e. The van der Waals surface area contributed by atoms with E-state index in [1.165, 1.54) is 96.3 Å². The van der Waals surface area contributed by atoms with Crippen LogP contribution in [0.2, 0.25) is 0 Å². The van der Waals surface area contributed by atoms with Crippen molar-refractivity contribution >= 4 is 5.97 Å². The molecule has 0 spiro atoms. The zero-order valence-corrected chi connectivity index (χ0v) is 17.7. The van der Waals surface area contributed by atoms with E-state index < -0.39 is 0 Å². The van der Waals surface area contributed by atoms with Gasteiger partial charge in [-0.25, -0.2) is 4.79 Å². The molecule has 1 saturated carbocycles. The van der Waals surface area contributed by atoms with Crippen molar-refractivity contribution in [2.75, 3.05) is 6.61 Å². The summed E-state index contributed by atoms with van der Waals surface area (Å²) in [5, 5.41) is 0. The lowest BCUT2D eigenvalue weighted by molar-refractivity contribution is -0.139. The fourth-order valence-corrected chi connectivity index (χ4v) is 4.20. The van der Waals surface area contributed by atoms with Crippen LogP contribution < -0.4 is 0 Å². The molecule has 0 saturated heterocycles. The van der Waals surface area contributed by atoms with Crippen molar-refractivity contribution in [3.8, 4) is 0 Å². The first-order chi connectivity index (χ1) is 12.6. The van der Waals surface area contributed by atoms with E-state index in [0.29, 0.717) is 12.2 Å². The van der Waals surface area contributed by atoms with Crippen LogP contribution in [0, 0.1) is 11.8 Å². The molecule has 0 heterocycles. The minimum absolute atomic E-state index is 0.246. The Labute approximate surface area is 163 Å². The van der Waals surface area contributed by atoms with Gasteiger partial charge in [0.1, 0.15) is 0 Å². The summed E-state index contributed by atoms with van der Waals surface area (Å²) in [6, 6.07) is 0. The quantitative estimate of drug-likeness (QED) is 0.170. The minimum Gasteiger partial charge on any atom is -0.462 e. The standard InChI is InChI=1S/C24H44O2/c1-4-5-6-7-8-9-11-14-22-16-18-23(19-17-22)15-12-10-13-20-26-24(25)21(2)3/h22-23H,2,4-20H2,1,3H3. The first kappa shape index (κ1) is 23.2. The third-order valence-electron chi connectivity index (χ3n) is 6.02. The maximum absolute atomic E-state index is 11.3. The van der Waals surface area contributed by atoms with Crippen LogP contribution in [0.3, 0.4) is 0 Å². The van der Waals surface area contributed by atoms with Crippen molar-refractivity contribution in [2.24, 2.45) is 11.8 Å². The summed E-state index contributed by atoms with van der Waals surface area (Å²) in [5.41, 5.74) is 0.498. The molecule has 0 aromatic heterocycles. The number of hydrogen-bond donors (Lipinski definition) is 0. The second kappa shape index (κ2) is 15.3. The molecular formula is C24H44O2. The van der Waals surface area contributed by atoms with Crippen LogP contribution in [0.15, 0.2) is 12.2 Å². The van der Waals surface area contributed by atoms with E-state index in [-0.39, 0.29) is 5.97 Å². The number of carbonyl (C=O) groups excluding carboxylic acids is 1. The smallest absolute Gasteiger partial charge is 0.333 e. The van der Waals surface area contributed by atoms with Crippen LogP contribution in [0.4, 0.5) is 0 Å². The molecule has 1 rings (SSSR count). The van der Waals surface area contributed by atoms with Gasteiger partial charge in [0.25, 0.3) is 0 Å². The molecule has 0 amide bonds. The van der Waals surface area contributed by atoms with E-state index in [1.807, 2.05) is 0 Å². The highest BCUT2D eigenvalue weighted by atomic mass is 16.5. The van der Waals surface area contributed by atoms with E-state index in [1.54, 1.807) is 6.92 Å². The van der Waals surface area contributed by atoms with Gasteiger partial charge in [-0.05, 0) is 25.2 Å². The summed E-state index contributed by atoms with van der Waals surface area (Å²) < 4.78 is 5.15. The first-order valence-corrected chi connectivity index (χ1v) is 11.5. The van der Waals surface area contributed by atoms with Crippen molar-refractivity contribution in [1.82, 2.24) is 0 Å². The second-order valence-electron chi connectivity index (χ2n) is 8.56. The molecule has 0 radical (unpaired) electrons. The third kappa shape index (κ3) is 11.8.